The molecule has 0 atom stereocenters. The van der Waals surface area contributed by atoms with Crippen LogP contribution in [-0.2, 0) is 0 Å². The number of methoxy groups -OCH3 is 1. The van der Waals surface area contributed by atoms with Crippen LogP contribution in [0.5, 0.6) is 5.75 Å². The van der Waals surface area contributed by atoms with Gasteiger partial charge >= 0.3 is 0 Å². The van der Waals surface area contributed by atoms with Crippen LogP contribution in [0.2, 0.25) is 10.2 Å². The van der Waals surface area contributed by atoms with Crippen LogP contribution in [-0.4, -0.2) is 26.5 Å². The number of rotatable bonds is 4. The zero-order valence-corrected chi connectivity index (χ0v) is 15.2. The summed E-state index contributed by atoms with van der Waals surface area (Å²) in [4.78, 5) is 13.2. The number of fused-ring (bicyclic) bond motifs is 1. The lowest BCUT2D eigenvalue weighted by Gasteiger charge is -2.11. The number of pyridine rings is 1. The molecule has 0 saturated heterocycles. The third kappa shape index (κ3) is 3.05. The summed E-state index contributed by atoms with van der Waals surface area (Å²) in [5.74, 6) is 1.00. The van der Waals surface area contributed by atoms with Crippen molar-refractivity contribution in [3.63, 3.8) is 0 Å². The molecule has 8 heteroatoms. The summed E-state index contributed by atoms with van der Waals surface area (Å²) in [5, 5.41) is 4.10. The van der Waals surface area contributed by atoms with Gasteiger partial charge < -0.3 is 10.1 Å². The van der Waals surface area contributed by atoms with Crippen molar-refractivity contribution in [2.75, 3.05) is 12.4 Å². The van der Waals surface area contributed by atoms with E-state index in [9.17, 15) is 0 Å². The van der Waals surface area contributed by atoms with Crippen LogP contribution in [0.3, 0.4) is 0 Å². The zero-order chi connectivity index (χ0) is 18.1. The highest BCUT2D eigenvalue weighted by atomic mass is 35.5. The number of nitrogens with one attached hydrogen (secondary N) is 1. The zero-order valence-electron chi connectivity index (χ0n) is 13.6. The van der Waals surface area contributed by atoms with E-state index in [2.05, 4.69) is 20.3 Å². The predicted molar refractivity (Wildman–Crippen MR) is 103 cm³/mol. The summed E-state index contributed by atoms with van der Waals surface area (Å²) >= 11 is 12.3. The van der Waals surface area contributed by atoms with Crippen LogP contribution < -0.4 is 10.1 Å². The van der Waals surface area contributed by atoms with Crippen LogP contribution >= 0.6 is 23.2 Å². The second-order valence-corrected chi connectivity index (χ2v) is 6.21. The molecular formula is C18H13Cl2N5O. The molecule has 0 radical (unpaired) electrons. The molecule has 1 N–H and O–H groups in total. The number of hydrogen-bond acceptors (Lipinski definition) is 5. The Bertz CT molecular complexity index is 1100. The van der Waals surface area contributed by atoms with Gasteiger partial charge in [-0.1, -0.05) is 29.3 Å². The van der Waals surface area contributed by atoms with E-state index in [1.807, 2.05) is 28.8 Å². The summed E-state index contributed by atoms with van der Waals surface area (Å²) < 4.78 is 7.23. The highest BCUT2D eigenvalue weighted by molar-refractivity contribution is 6.32. The third-order valence-corrected chi connectivity index (χ3v) is 4.29. The molecule has 0 bridgehead atoms. The molecule has 6 nitrogen and oxygen atoms in total. The van der Waals surface area contributed by atoms with E-state index >= 15 is 0 Å². The first-order valence-corrected chi connectivity index (χ1v) is 8.48. The highest BCUT2D eigenvalue weighted by Gasteiger charge is 2.14. The Morgan fingerprint density at radius 1 is 1.08 bits per heavy atom. The number of nitrogens with zero attached hydrogens (tertiary/aromatic N) is 4. The Morgan fingerprint density at radius 2 is 1.96 bits per heavy atom. The minimum atomic E-state index is 0.380. The van der Waals surface area contributed by atoms with Gasteiger partial charge in [0.2, 0.25) is 5.95 Å². The Kier molecular flexibility index (Phi) is 4.36. The first kappa shape index (κ1) is 16.6. The Hall–Kier alpha value is -2.83. The molecule has 1 aromatic carbocycles. The minimum absolute atomic E-state index is 0.380. The number of aromatic nitrogens is 4. The van der Waals surface area contributed by atoms with Gasteiger partial charge in [0.25, 0.3) is 0 Å². The van der Waals surface area contributed by atoms with Crippen LogP contribution in [0.25, 0.3) is 17.0 Å². The second kappa shape index (κ2) is 6.82. The molecule has 0 amide bonds. The number of imidazole rings is 1. The Labute approximate surface area is 159 Å². The van der Waals surface area contributed by atoms with Gasteiger partial charge in [-0.3, -0.25) is 4.40 Å². The average molecular weight is 386 g/mol. The van der Waals surface area contributed by atoms with E-state index in [0.29, 0.717) is 38.9 Å². The van der Waals surface area contributed by atoms with Crippen LogP contribution in [0.4, 0.5) is 11.6 Å². The summed E-state index contributed by atoms with van der Waals surface area (Å²) in [7, 11) is 1.58. The average Bonchev–Trinajstić information content (AvgIpc) is 2.99. The molecule has 26 heavy (non-hydrogen) atoms. The van der Waals surface area contributed by atoms with E-state index in [1.54, 1.807) is 37.6 Å². The van der Waals surface area contributed by atoms with Crippen molar-refractivity contribution in [2.24, 2.45) is 0 Å². The molecule has 4 aromatic rings. The SMILES string of the molecule is COc1cc(Cl)ccc1Nc1nccc(-c2c(Cl)nc3ccccn23)n1. The molecule has 0 aliphatic rings. The largest absolute Gasteiger partial charge is 0.495 e. The molecule has 0 aliphatic carbocycles. The summed E-state index contributed by atoms with van der Waals surface area (Å²) in [6.07, 6.45) is 3.55. The molecule has 0 spiro atoms. The standard InChI is InChI=1S/C18H13Cl2N5O/c1-26-14-10-11(19)5-6-12(14)22-18-21-8-7-13(23-18)16-17(20)24-15-4-2-3-9-25(15)16/h2-10H,1H3,(H,21,22,23). The van der Waals surface area contributed by atoms with Crippen molar-refractivity contribution >= 4 is 40.5 Å². The van der Waals surface area contributed by atoms with Crippen molar-refractivity contribution < 1.29 is 4.74 Å². The van der Waals surface area contributed by atoms with Crippen molar-refractivity contribution in [2.45, 2.75) is 0 Å². The maximum atomic E-state index is 6.33. The topological polar surface area (TPSA) is 64.3 Å². The van der Waals surface area contributed by atoms with Gasteiger partial charge in [0.15, 0.2) is 5.15 Å². The van der Waals surface area contributed by atoms with Crippen molar-refractivity contribution in [1.82, 2.24) is 19.4 Å². The van der Waals surface area contributed by atoms with Crippen molar-refractivity contribution in [3.8, 4) is 17.1 Å². The fourth-order valence-corrected chi connectivity index (χ4v) is 3.07. The number of anilines is 2. The molecule has 0 fully saturated rings. The molecule has 3 heterocycles. The lowest BCUT2D eigenvalue weighted by atomic mass is 10.3. The fraction of sp³-hybridized carbons (Fsp3) is 0.0556. The van der Waals surface area contributed by atoms with E-state index in [-0.39, 0.29) is 0 Å². The van der Waals surface area contributed by atoms with E-state index in [1.165, 1.54) is 0 Å². The first-order valence-electron chi connectivity index (χ1n) is 7.72. The molecule has 0 saturated carbocycles. The summed E-state index contributed by atoms with van der Waals surface area (Å²) in [6.45, 7) is 0. The van der Waals surface area contributed by atoms with Gasteiger partial charge in [0.1, 0.15) is 17.1 Å². The van der Waals surface area contributed by atoms with Gasteiger partial charge in [-0.05, 0) is 30.3 Å². The molecule has 0 aliphatic heterocycles. The maximum Gasteiger partial charge on any atom is 0.227 e. The number of hydrogen-bond donors (Lipinski definition) is 1. The number of ether oxygens (including phenoxy) is 1. The smallest absolute Gasteiger partial charge is 0.227 e. The van der Waals surface area contributed by atoms with Crippen LogP contribution in [0, 0.1) is 0 Å². The summed E-state index contributed by atoms with van der Waals surface area (Å²) in [5.41, 5.74) is 2.81. The van der Waals surface area contributed by atoms with Crippen LogP contribution in [0.1, 0.15) is 0 Å². The Morgan fingerprint density at radius 3 is 2.81 bits per heavy atom. The molecule has 4 rings (SSSR count). The van der Waals surface area contributed by atoms with E-state index in [0.717, 1.165) is 5.65 Å². The summed E-state index contributed by atoms with van der Waals surface area (Å²) in [6, 6.07) is 12.8. The van der Waals surface area contributed by atoms with E-state index < -0.39 is 0 Å². The molecule has 0 unspecified atom stereocenters. The lowest BCUT2D eigenvalue weighted by molar-refractivity contribution is 0.417. The number of halogens is 2. The van der Waals surface area contributed by atoms with Crippen LogP contribution in [0.15, 0.2) is 54.9 Å². The van der Waals surface area contributed by atoms with Gasteiger partial charge in [-0.25, -0.2) is 15.0 Å². The first-order chi connectivity index (χ1) is 12.7. The normalized spacial score (nSPS) is 10.9. The second-order valence-electron chi connectivity index (χ2n) is 5.42. The third-order valence-electron chi connectivity index (χ3n) is 3.80. The highest BCUT2D eigenvalue weighted by Crippen LogP contribution is 2.31. The minimum Gasteiger partial charge on any atom is -0.495 e. The maximum absolute atomic E-state index is 6.33. The monoisotopic (exact) mass is 385 g/mol. The van der Waals surface area contributed by atoms with Gasteiger partial charge in [0, 0.05) is 23.5 Å². The molecule has 130 valence electrons. The molecular weight excluding hydrogens is 373 g/mol. The quantitative estimate of drug-likeness (QED) is 0.543. The van der Waals surface area contributed by atoms with Crippen molar-refractivity contribution in [3.05, 3.63) is 65.0 Å². The lowest BCUT2D eigenvalue weighted by Crippen LogP contribution is -2.00. The Balaban J connectivity index is 1.75. The predicted octanol–water partition coefficient (Wildman–Crippen LogP) is 4.85. The van der Waals surface area contributed by atoms with Gasteiger partial charge in [-0.15, -0.1) is 0 Å². The van der Waals surface area contributed by atoms with E-state index in [4.69, 9.17) is 27.9 Å². The molecule has 3 aromatic heterocycles. The van der Waals surface area contributed by atoms with Crippen molar-refractivity contribution in [1.29, 1.82) is 0 Å². The van der Waals surface area contributed by atoms with Gasteiger partial charge in [0.05, 0.1) is 18.5 Å². The number of benzene rings is 1. The van der Waals surface area contributed by atoms with Gasteiger partial charge in [-0.2, -0.15) is 0 Å². The fourth-order valence-electron chi connectivity index (χ4n) is 2.64.